The number of hydrogen-bond donors (Lipinski definition) is 2. The van der Waals surface area contributed by atoms with E-state index in [-0.39, 0.29) is 6.61 Å². The van der Waals surface area contributed by atoms with E-state index in [0.717, 1.165) is 18.5 Å². The zero-order valence-corrected chi connectivity index (χ0v) is 11.9. The van der Waals surface area contributed by atoms with Crippen LogP contribution in [0.1, 0.15) is 18.9 Å². The highest BCUT2D eigenvalue weighted by Gasteiger charge is 2.29. The number of aliphatic hydroxyl groups excluding tert-OH is 1. The number of ether oxygens (including phenoxy) is 2. The fourth-order valence-electron chi connectivity index (χ4n) is 2.15. The van der Waals surface area contributed by atoms with Gasteiger partial charge < -0.3 is 19.9 Å². The van der Waals surface area contributed by atoms with E-state index < -0.39 is 5.54 Å². The maximum Gasteiger partial charge on any atom is 0.0700 e. The molecule has 108 valence electrons. The molecule has 1 rings (SSSR count). The molecule has 0 radical (unpaired) electrons. The van der Waals surface area contributed by atoms with Gasteiger partial charge in [-0.1, -0.05) is 37.3 Å². The third kappa shape index (κ3) is 4.91. The Morgan fingerprint density at radius 1 is 1.16 bits per heavy atom. The van der Waals surface area contributed by atoms with Gasteiger partial charge in [-0.3, -0.25) is 0 Å². The Labute approximate surface area is 115 Å². The quantitative estimate of drug-likeness (QED) is 0.631. The van der Waals surface area contributed by atoms with Crippen LogP contribution in [0.15, 0.2) is 30.3 Å². The van der Waals surface area contributed by atoms with Crippen molar-refractivity contribution in [3.8, 4) is 0 Å². The summed E-state index contributed by atoms with van der Waals surface area (Å²) in [6, 6.07) is 10.0. The first-order valence-electron chi connectivity index (χ1n) is 6.77. The first kappa shape index (κ1) is 16.1. The highest BCUT2D eigenvalue weighted by molar-refractivity contribution is 5.24. The van der Waals surface area contributed by atoms with Gasteiger partial charge in [0.2, 0.25) is 0 Å². The molecule has 0 amide bonds. The number of aliphatic hydroxyl groups is 1. The van der Waals surface area contributed by atoms with Crippen molar-refractivity contribution in [2.24, 2.45) is 0 Å². The molecular weight excluding hydrogens is 242 g/mol. The first-order valence-corrected chi connectivity index (χ1v) is 6.77. The fraction of sp³-hybridized carbons (Fsp3) is 0.600. The third-order valence-corrected chi connectivity index (χ3v) is 3.22. The number of likely N-dealkylation sites (N-methyl/N-ethyl adjacent to an activating group) is 1. The minimum Gasteiger partial charge on any atom is -0.394 e. The SMILES string of the molecule is CCNC(CO)(CCOCCOC)c1ccccc1. The van der Waals surface area contributed by atoms with Gasteiger partial charge in [-0.25, -0.2) is 0 Å². The first-order chi connectivity index (χ1) is 9.29. The van der Waals surface area contributed by atoms with E-state index in [2.05, 4.69) is 5.32 Å². The van der Waals surface area contributed by atoms with Crippen LogP contribution in [0.25, 0.3) is 0 Å². The van der Waals surface area contributed by atoms with E-state index in [1.807, 2.05) is 37.3 Å². The van der Waals surface area contributed by atoms with Gasteiger partial charge >= 0.3 is 0 Å². The van der Waals surface area contributed by atoms with Crippen LogP contribution in [0.4, 0.5) is 0 Å². The Kier molecular flexibility index (Phi) is 7.67. The van der Waals surface area contributed by atoms with Crippen LogP contribution in [0.2, 0.25) is 0 Å². The van der Waals surface area contributed by atoms with Crippen LogP contribution >= 0.6 is 0 Å². The van der Waals surface area contributed by atoms with Crippen LogP contribution in [0.3, 0.4) is 0 Å². The second-order valence-electron chi connectivity index (χ2n) is 4.49. The Hall–Kier alpha value is -0.940. The summed E-state index contributed by atoms with van der Waals surface area (Å²) < 4.78 is 10.5. The number of benzene rings is 1. The maximum atomic E-state index is 9.82. The third-order valence-electron chi connectivity index (χ3n) is 3.22. The van der Waals surface area contributed by atoms with Crippen LogP contribution in [-0.2, 0) is 15.0 Å². The second kappa shape index (κ2) is 9.04. The lowest BCUT2D eigenvalue weighted by molar-refractivity contribution is 0.0466. The topological polar surface area (TPSA) is 50.7 Å². The van der Waals surface area contributed by atoms with Crippen LogP contribution in [-0.4, -0.2) is 45.2 Å². The summed E-state index contributed by atoms with van der Waals surface area (Å²) in [6.07, 6.45) is 0.727. The van der Waals surface area contributed by atoms with Crippen molar-refractivity contribution < 1.29 is 14.6 Å². The van der Waals surface area contributed by atoms with E-state index in [1.54, 1.807) is 7.11 Å². The second-order valence-corrected chi connectivity index (χ2v) is 4.49. The smallest absolute Gasteiger partial charge is 0.0700 e. The van der Waals surface area contributed by atoms with Crippen molar-refractivity contribution in [1.29, 1.82) is 0 Å². The summed E-state index contributed by atoms with van der Waals surface area (Å²) in [5, 5.41) is 13.2. The predicted octanol–water partition coefficient (Wildman–Crippen LogP) is 1.54. The van der Waals surface area contributed by atoms with Gasteiger partial charge in [0.05, 0.1) is 25.4 Å². The number of methoxy groups -OCH3 is 1. The van der Waals surface area contributed by atoms with Gasteiger partial charge in [0.1, 0.15) is 0 Å². The lowest BCUT2D eigenvalue weighted by atomic mass is 9.87. The summed E-state index contributed by atoms with van der Waals surface area (Å²) in [4.78, 5) is 0. The predicted molar refractivity (Wildman–Crippen MR) is 76.2 cm³/mol. The molecule has 0 aliphatic heterocycles. The molecule has 19 heavy (non-hydrogen) atoms. The molecule has 4 nitrogen and oxygen atoms in total. The molecule has 0 saturated heterocycles. The van der Waals surface area contributed by atoms with E-state index >= 15 is 0 Å². The van der Waals surface area contributed by atoms with Gasteiger partial charge in [0.25, 0.3) is 0 Å². The average molecular weight is 267 g/mol. The zero-order chi connectivity index (χ0) is 14.0. The molecule has 1 atom stereocenters. The van der Waals surface area contributed by atoms with Crippen LogP contribution < -0.4 is 5.32 Å². The van der Waals surface area contributed by atoms with Gasteiger partial charge in [-0.2, -0.15) is 0 Å². The Morgan fingerprint density at radius 3 is 2.47 bits per heavy atom. The lowest BCUT2D eigenvalue weighted by Crippen LogP contribution is -2.46. The molecule has 1 unspecified atom stereocenters. The molecule has 0 heterocycles. The van der Waals surface area contributed by atoms with Crippen LogP contribution in [0.5, 0.6) is 0 Å². The summed E-state index contributed by atoms with van der Waals surface area (Å²) in [5.41, 5.74) is 0.665. The van der Waals surface area contributed by atoms with Gasteiger partial charge in [0.15, 0.2) is 0 Å². The molecule has 2 N–H and O–H groups in total. The van der Waals surface area contributed by atoms with E-state index in [1.165, 1.54) is 0 Å². The van der Waals surface area contributed by atoms with Gasteiger partial charge in [-0.05, 0) is 18.5 Å². The van der Waals surface area contributed by atoms with Crippen molar-refractivity contribution >= 4 is 0 Å². The van der Waals surface area contributed by atoms with Gasteiger partial charge in [0, 0.05) is 13.7 Å². The lowest BCUT2D eigenvalue weighted by Gasteiger charge is -2.33. The molecule has 0 fully saturated rings. The van der Waals surface area contributed by atoms with Gasteiger partial charge in [-0.15, -0.1) is 0 Å². The molecule has 4 heteroatoms. The highest BCUT2D eigenvalue weighted by Crippen LogP contribution is 2.24. The molecule has 0 aromatic heterocycles. The van der Waals surface area contributed by atoms with Crippen molar-refractivity contribution in [2.75, 3.05) is 40.1 Å². The summed E-state index contributed by atoms with van der Waals surface area (Å²) in [6.45, 7) is 4.66. The zero-order valence-electron chi connectivity index (χ0n) is 11.9. The molecule has 0 saturated carbocycles. The number of hydrogen-bond acceptors (Lipinski definition) is 4. The fourth-order valence-corrected chi connectivity index (χ4v) is 2.15. The van der Waals surface area contributed by atoms with E-state index in [4.69, 9.17) is 9.47 Å². The van der Waals surface area contributed by atoms with Crippen molar-refractivity contribution in [1.82, 2.24) is 5.32 Å². The molecule has 0 bridgehead atoms. The van der Waals surface area contributed by atoms with Crippen molar-refractivity contribution in [3.05, 3.63) is 35.9 Å². The highest BCUT2D eigenvalue weighted by atomic mass is 16.5. The Bertz CT molecular complexity index is 331. The number of nitrogens with one attached hydrogen (secondary N) is 1. The molecule has 0 spiro atoms. The standard InChI is InChI=1S/C15H25NO3/c1-3-16-15(13-17,9-10-19-12-11-18-2)14-7-5-4-6-8-14/h4-8,16-17H,3,9-13H2,1-2H3. The van der Waals surface area contributed by atoms with Crippen molar-refractivity contribution in [3.63, 3.8) is 0 Å². The van der Waals surface area contributed by atoms with E-state index in [9.17, 15) is 5.11 Å². The molecular formula is C15H25NO3. The number of rotatable bonds is 10. The average Bonchev–Trinajstić information content (AvgIpc) is 2.47. The minimum absolute atomic E-state index is 0.0541. The molecule has 0 aliphatic carbocycles. The van der Waals surface area contributed by atoms with Crippen molar-refractivity contribution in [2.45, 2.75) is 18.9 Å². The Balaban J connectivity index is 2.65. The molecule has 1 aromatic rings. The summed E-state index contributed by atoms with van der Waals surface area (Å²) in [5.74, 6) is 0. The molecule has 0 aliphatic rings. The maximum absolute atomic E-state index is 9.82. The minimum atomic E-state index is -0.427. The summed E-state index contributed by atoms with van der Waals surface area (Å²) in [7, 11) is 1.66. The van der Waals surface area contributed by atoms with Crippen LogP contribution in [0, 0.1) is 0 Å². The largest absolute Gasteiger partial charge is 0.394 e. The summed E-state index contributed by atoms with van der Waals surface area (Å²) >= 11 is 0. The Morgan fingerprint density at radius 2 is 1.89 bits per heavy atom. The molecule has 1 aromatic carbocycles. The van der Waals surface area contributed by atoms with E-state index in [0.29, 0.717) is 19.8 Å². The monoisotopic (exact) mass is 267 g/mol. The normalized spacial score (nSPS) is 14.3.